The van der Waals surface area contributed by atoms with Crippen molar-refractivity contribution in [2.45, 2.75) is 418 Å². The normalized spacial score (nSPS) is 36.9. The Kier molecular flexibility index (Phi) is 57.1. The molecule has 0 radical (unpaired) electrons. The molecule has 0 N–H and O–H groups in total. The van der Waals surface area contributed by atoms with Crippen molar-refractivity contribution >= 4 is 100 Å². The van der Waals surface area contributed by atoms with Crippen molar-refractivity contribution < 1.29 is 83.4 Å². The van der Waals surface area contributed by atoms with Crippen molar-refractivity contribution in [3.05, 3.63) is 131 Å². The van der Waals surface area contributed by atoms with Gasteiger partial charge in [0.05, 0.1) is 32.3 Å². The van der Waals surface area contributed by atoms with Crippen molar-refractivity contribution in [1.82, 2.24) is 0 Å². The molecule has 2 aromatic carbocycles. The van der Waals surface area contributed by atoms with E-state index in [1.54, 1.807) is 217 Å². The van der Waals surface area contributed by atoms with Gasteiger partial charge in [0.15, 0.2) is 0 Å². The van der Waals surface area contributed by atoms with Gasteiger partial charge in [-0.15, -0.1) is 0 Å². The first-order chi connectivity index (χ1) is 53.9. The van der Waals surface area contributed by atoms with Crippen molar-refractivity contribution in [3.8, 4) is 0 Å². The summed E-state index contributed by atoms with van der Waals surface area (Å²) >= 11 is -3.30. The number of rotatable bonds is 10. The van der Waals surface area contributed by atoms with Crippen LogP contribution in [0.2, 0.25) is 96.7 Å². The first kappa shape index (κ1) is 119. The third-order valence-corrected chi connectivity index (χ3v) is 59.1. The van der Waals surface area contributed by atoms with Crippen LogP contribution in [0.4, 0.5) is 0 Å². The molecule has 16 heteroatoms. The Labute approximate surface area is 828 Å². The first-order valence-electron chi connectivity index (χ1n) is 47.9. The molecule has 2 aromatic rings. The molecular formula is C104H184Cl8Si4Zr4. The molecule has 120 heavy (non-hydrogen) atoms. The monoisotopic (exact) mass is 2180 g/mol. The van der Waals surface area contributed by atoms with Crippen LogP contribution in [0.15, 0.2) is 60.7 Å². The summed E-state index contributed by atoms with van der Waals surface area (Å²) in [4.78, 5) is 0. The molecule has 0 aromatic heterocycles. The molecule has 0 bridgehead atoms. The van der Waals surface area contributed by atoms with E-state index in [0.29, 0.717) is 5.41 Å². The molecule has 16 aliphatic rings. The average molecular weight is 2200 g/mol. The molecule has 18 rings (SSSR count). The third kappa shape index (κ3) is 29.4. The Hall–Kier alpha value is 5.16. The molecule has 27 unspecified atom stereocenters. The number of hydrogen-bond donors (Lipinski definition) is 0. The van der Waals surface area contributed by atoms with E-state index in [0.717, 1.165) is 117 Å². The van der Waals surface area contributed by atoms with Crippen LogP contribution >= 0.6 is 68.1 Å². The molecule has 16 aliphatic carbocycles. The van der Waals surface area contributed by atoms with Crippen molar-refractivity contribution in [2.24, 2.45) is 106 Å². The van der Waals surface area contributed by atoms with E-state index in [1.165, 1.54) is 123 Å². The summed E-state index contributed by atoms with van der Waals surface area (Å²) in [5.74, 6) is 20.6. The van der Waals surface area contributed by atoms with E-state index in [9.17, 15) is 0 Å². The Balaban J connectivity index is 0.000000388. The standard InChI is InChI=1S/2C26H40Si.C24H44Si.C20H36Si.8CH3.8ClH.4Zr/c1-27(2,25-17-16-20-12-6-8-14-22(20)25)26-23-15-9-7-13-21(23)18-24(26)19-10-4-3-5-11-19;1-27(2,25-16-13-20-10-6-7-11-23(20)25)26-17-14-22-18-21(12-15-24(22)26)19-8-4-3-5-9-19;1-24(2,3)19-12-13-21-18(16-19)11-15-23(21)25(4,5)22-14-10-17-8-6-7-9-20(17)22;1-21(2,19-13-11-15-7-3-5-9-17(15)19)20-14-12-16-8-4-6-10-18(16)20;;;;;;;;;;;;;;;;;;;;/h3-5,10-11,20-26H,6-9,12-18H2,1-2H3;3-5,8-9,20-26H,6-7,10-18H2,1-2H3;17-23H,6-16H2,1-5H3;15-20H,3-14H2,1-2H3;8*1H3;8*1H;;;;/q;;;;8*-1;;;;;;;;;4*+4/p-8. The molecule has 0 spiro atoms. The molecule has 16 fully saturated rings. The number of halogens is 8. The Morgan fingerprint density at radius 2 is 0.475 bits per heavy atom. The second-order valence-corrected chi connectivity index (χ2v) is 79.9. The summed E-state index contributed by atoms with van der Waals surface area (Å²) in [6.07, 6.45) is 70.4. The average Bonchev–Trinajstić information content (AvgIpc) is 1.63. The minimum absolute atomic E-state index is 0. The van der Waals surface area contributed by atoms with Gasteiger partial charge in [-0.3, -0.25) is 0 Å². The van der Waals surface area contributed by atoms with Crippen LogP contribution in [0.1, 0.15) is 333 Å². The summed E-state index contributed by atoms with van der Waals surface area (Å²) < 4.78 is 0. The van der Waals surface area contributed by atoms with Gasteiger partial charge in [0.2, 0.25) is 0 Å². The maximum absolute atomic E-state index is 4.93. The van der Waals surface area contributed by atoms with Crippen LogP contribution in [0, 0.1) is 165 Å². The summed E-state index contributed by atoms with van der Waals surface area (Å²) in [5, 5.41) is 0. The van der Waals surface area contributed by atoms with E-state index >= 15 is 0 Å². The summed E-state index contributed by atoms with van der Waals surface area (Å²) in [5.41, 5.74) is 13.1. The minimum atomic E-state index is -1.30. The van der Waals surface area contributed by atoms with Crippen LogP contribution < -0.4 is 0 Å². The fourth-order valence-corrected chi connectivity index (χ4v) is 55.6. The van der Waals surface area contributed by atoms with Gasteiger partial charge in [-0.25, -0.2) is 0 Å². The van der Waals surface area contributed by atoms with Gasteiger partial charge in [-0.05, 0) is 218 Å². The third-order valence-electron chi connectivity index (χ3n) is 38.2. The van der Waals surface area contributed by atoms with Gasteiger partial charge in [0, 0.05) is 0 Å². The van der Waals surface area contributed by atoms with E-state index in [-0.39, 0.29) is 59.4 Å². The Morgan fingerprint density at radius 1 is 0.242 bits per heavy atom. The first-order valence-corrected chi connectivity index (χ1v) is 85.8. The van der Waals surface area contributed by atoms with Crippen molar-refractivity contribution in [1.29, 1.82) is 0 Å². The summed E-state index contributed by atoms with van der Waals surface area (Å²) in [6.45, 7) is 30.2. The van der Waals surface area contributed by atoms with Gasteiger partial charge < -0.3 is 59.4 Å². The van der Waals surface area contributed by atoms with E-state index in [1.807, 2.05) is 0 Å². The zero-order valence-electron chi connectivity index (χ0n) is 80.7. The van der Waals surface area contributed by atoms with Crippen LogP contribution in [0.25, 0.3) is 0 Å². The fraction of sp³-hybridized carbons (Fsp3) is 0.808. The molecular weight excluding hydrogens is 2010 g/mol. The molecule has 688 valence electrons. The molecule has 0 nitrogen and oxygen atoms in total. The molecule has 16 saturated carbocycles. The van der Waals surface area contributed by atoms with Gasteiger partial charge in [0.1, 0.15) is 0 Å². The second-order valence-electron chi connectivity index (χ2n) is 44.5. The van der Waals surface area contributed by atoms with Gasteiger partial charge >= 0.3 is 151 Å². The van der Waals surface area contributed by atoms with E-state index in [4.69, 9.17) is 68.1 Å². The van der Waals surface area contributed by atoms with E-state index in [2.05, 4.69) is 134 Å². The summed E-state index contributed by atoms with van der Waals surface area (Å²) in [7, 11) is 34.8. The SMILES string of the molecule is CC(C)(C)C1CCC2C(CCC2[Si](C)(C)C2CCC3CCCCC32)C1.C[Si](C)(C1CCC2CCCCC21)C1C(c2ccccc2)CC2CCCCC21.C[Si](C)(C1CCC2CCCCC21)C1CCC2CC(c3ccccc3)CCC21.C[Si](C)(C1CCC2CCCCC21)C1CCC2CCCCC21.[CH3-].[CH3-].[CH3-].[CH3-].[CH3-].[CH3-].[CH3-].[CH3-].[Cl][Zr+2][Cl].[Cl][Zr+2][Cl].[Cl][Zr+2][Cl].[Cl][Zr+2][Cl]. The quantitative estimate of drug-likeness (QED) is 0.164. The van der Waals surface area contributed by atoms with Gasteiger partial charge in [-0.1, -0.05) is 378 Å². The molecule has 27 atom stereocenters. The van der Waals surface area contributed by atoms with Crippen molar-refractivity contribution in [3.63, 3.8) is 0 Å². The van der Waals surface area contributed by atoms with Crippen LogP contribution in [0.3, 0.4) is 0 Å². The van der Waals surface area contributed by atoms with Crippen LogP contribution in [-0.4, -0.2) is 32.3 Å². The van der Waals surface area contributed by atoms with Crippen LogP contribution in [-0.2, 0) is 83.4 Å². The maximum atomic E-state index is 4.93. The predicted molar refractivity (Wildman–Crippen MR) is 543 cm³/mol. The molecule has 0 saturated heterocycles. The number of hydrogen-bond acceptors (Lipinski definition) is 0. The topological polar surface area (TPSA) is 0 Å². The molecule has 0 amide bonds. The number of fused-ring (bicyclic) bond motifs is 8. The molecule has 0 aliphatic heterocycles. The second kappa shape index (κ2) is 57.4. The van der Waals surface area contributed by atoms with Gasteiger partial charge in [-0.2, -0.15) is 0 Å². The zero-order valence-corrected chi connectivity index (χ0v) is 101. The fourth-order valence-electron chi connectivity index (χ4n) is 33.4. The Bertz CT molecular complexity index is 2980. The summed E-state index contributed by atoms with van der Waals surface area (Å²) in [6, 6.07) is 23.2. The van der Waals surface area contributed by atoms with Gasteiger partial charge in [0.25, 0.3) is 0 Å². The zero-order chi connectivity index (χ0) is 80.0. The van der Waals surface area contributed by atoms with Crippen LogP contribution in [0.5, 0.6) is 0 Å². The van der Waals surface area contributed by atoms with E-state index < -0.39 is 116 Å². The predicted octanol–water partition coefficient (Wildman–Crippen LogP) is 39.7. The molecule has 0 heterocycles. The van der Waals surface area contributed by atoms with Crippen molar-refractivity contribution in [2.75, 3.05) is 0 Å². The number of benzene rings is 2. The Morgan fingerprint density at radius 3 is 0.783 bits per heavy atom.